The van der Waals surface area contributed by atoms with Gasteiger partial charge in [0.1, 0.15) is 0 Å². The molecule has 2 atom stereocenters. The number of carbonyl (C=O) groups is 3. The summed E-state index contributed by atoms with van der Waals surface area (Å²) < 4.78 is 5.20. The molecule has 3 heterocycles. The fraction of sp³-hybridized carbons (Fsp3) is 0.233. The lowest BCUT2D eigenvalue weighted by molar-refractivity contribution is 0.0752. The second-order valence-electron chi connectivity index (χ2n) is 10.0. The number of nitrogen functional groups attached to an aromatic ring is 1. The van der Waals surface area contributed by atoms with Gasteiger partial charge >= 0.3 is 0 Å². The fourth-order valence-electron chi connectivity index (χ4n) is 5.35. The lowest BCUT2D eigenvalue weighted by atomic mass is 10.1. The third kappa shape index (κ3) is 5.03. The third-order valence-corrected chi connectivity index (χ3v) is 7.42. The summed E-state index contributed by atoms with van der Waals surface area (Å²) in [5, 5.41) is 6.05. The van der Waals surface area contributed by atoms with E-state index in [-0.39, 0.29) is 41.2 Å². The zero-order valence-electron chi connectivity index (χ0n) is 21.7. The van der Waals surface area contributed by atoms with Gasteiger partial charge in [0.15, 0.2) is 17.3 Å². The van der Waals surface area contributed by atoms with Gasteiger partial charge in [-0.05, 0) is 54.7 Å². The Hall–Kier alpha value is -4.99. The predicted molar refractivity (Wildman–Crippen MR) is 147 cm³/mol. The van der Waals surface area contributed by atoms with Gasteiger partial charge in [0.05, 0.1) is 24.2 Å². The van der Waals surface area contributed by atoms with Crippen LogP contribution in [0.2, 0.25) is 0 Å². The van der Waals surface area contributed by atoms with Crippen molar-refractivity contribution in [1.29, 1.82) is 0 Å². The molecule has 0 saturated carbocycles. The molecule has 1 aliphatic heterocycles. The van der Waals surface area contributed by atoms with Crippen LogP contribution in [0.3, 0.4) is 0 Å². The number of nitrogens with zero attached hydrogens (tertiary/aromatic N) is 3. The number of aryl methyl sites for hydroxylation is 1. The normalized spacial score (nSPS) is 17.9. The zero-order valence-corrected chi connectivity index (χ0v) is 21.7. The quantitative estimate of drug-likeness (QED) is 0.343. The van der Waals surface area contributed by atoms with Crippen LogP contribution in [0, 0.1) is 0 Å². The van der Waals surface area contributed by atoms with Gasteiger partial charge in [0.2, 0.25) is 0 Å². The highest BCUT2D eigenvalue weighted by molar-refractivity contribution is 5.98. The van der Waals surface area contributed by atoms with Crippen molar-refractivity contribution in [2.24, 2.45) is 0 Å². The van der Waals surface area contributed by atoms with E-state index in [1.54, 1.807) is 41.3 Å². The highest BCUT2D eigenvalue weighted by Gasteiger charge is 2.30. The van der Waals surface area contributed by atoms with E-state index in [4.69, 9.17) is 10.2 Å². The van der Waals surface area contributed by atoms with Crippen molar-refractivity contribution in [2.75, 3.05) is 18.8 Å². The Kier molecular flexibility index (Phi) is 6.73. The van der Waals surface area contributed by atoms with Crippen LogP contribution in [0.25, 0.3) is 11.3 Å². The second kappa shape index (κ2) is 10.6. The Balaban J connectivity index is 1.14. The average Bonchev–Trinajstić information content (AvgIpc) is 3.75. The van der Waals surface area contributed by atoms with Crippen molar-refractivity contribution in [1.82, 2.24) is 25.5 Å². The molecule has 202 valence electrons. The van der Waals surface area contributed by atoms with Crippen LogP contribution in [0.5, 0.6) is 0 Å². The van der Waals surface area contributed by atoms with Gasteiger partial charge in [-0.2, -0.15) is 0 Å². The van der Waals surface area contributed by atoms with Crippen LogP contribution in [0.1, 0.15) is 61.4 Å². The molecule has 4 N–H and O–H groups in total. The molecular formula is C30H28N6O4. The van der Waals surface area contributed by atoms with E-state index in [1.807, 2.05) is 12.1 Å². The Morgan fingerprint density at radius 3 is 2.70 bits per heavy atom. The Bertz CT molecular complexity index is 1580. The van der Waals surface area contributed by atoms with E-state index in [2.05, 4.69) is 32.7 Å². The van der Waals surface area contributed by atoms with E-state index in [1.165, 1.54) is 18.0 Å². The Morgan fingerprint density at radius 2 is 1.85 bits per heavy atom. The van der Waals surface area contributed by atoms with Crippen molar-refractivity contribution in [3.63, 3.8) is 0 Å². The lowest BCUT2D eigenvalue weighted by Crippen LogP contribution is -2.39. The molecule has 40 heavy (non-hydrogen) atoms. The molecule has 1 fully saturated rings. The van der Waals surface area contributed by atoms with Crippen LogP contribution in [0.4, 0.5) is 5.82 Å². The number of fused-ring (bicyclic) bond motifs is 1. The van der Waals surface area contributed by atoms with Gasteiger partial charge in [-0.1, -0.05) is 36.4 Å². The molecule has 6 rings (SSSR count). The maximum atomic E-state index is 13.1. The average molecular weight is 537 g/mol. The molecule has 10 nitrogen and oxygen atoms in total. The van der Waals surface area contributed by atoms with E-state index >= 15 is 0 Å². The maximum absolute atomic E-state index is 13.1. The summed E-state index contributed by atoms with van der Waals surface area (Å²) >= 11 is 0. The maximum Gasteiger partial charge on any atom is 0.289 e. The molecule has 2 aliphatic rings. The number of nitrogens with two attached hydrogens (primary N) is 1. The van der Waals surface area contributed by atoms with Crippen LogP contribution < -0.4 is 16.4 Å². The van der Waals surface area contributed by atoms with Gasteiger partial charge in [0.25, 0.3) is 17.7 Å². The van der Waals surface area contributed by atoms with Gasteiger partial charge in [-0.25, -0.2) is 9.97 Å². The first-order valence-corrected chi connectivity index (χ1v) is 13.2. The van der Waals surface area contributed by atoms with E-state index in [9.17, 15) is 14.4 Å². The summed E-state index contributed by atoms with van der Waals surface area (Å²) in [6.45, 7) is 0.841. The largest absolute Gasteiger partial charge is 0.459 e. The molecular weight excluding hydrogens is 508 g/mol. The minimum atomic E-state index is -0.474. The van der Waals surface area contributed by atoms with Crippen molar-refractivity contribution < 1.29 is 18.8 Å². The van der Waals surface area contributed by atoms with Crippen molar-refractivity contribution in [3.05, 3.63) is 101 Å². The summed E-state index contributed by atoms with van der Waals surface area (Å²) in [7, 11) is 0. The minimum absolute atomic E-state index is 0.00318. The van der Waals surface area contributed by atoms with Crippen LogP contribution in [-0.4, -0.2) is 51.7 Å². The second-order valence-corrected chi connectivity index (χ2v) is 10.0. The molecule has 2 aromatic carbocycles. The van der Waals surface area contributed by atoms with Crippen LogP contribution in [0.15, 0.2) is 77.5 Å². The molecule has 0 bridgehead atoms. The smallest absolute Gasteiger partial charge is 0.289 e. The number of hydrogen-bond acceptors (Lipinski definition) is 7. The summed E-state index contributed by atoms with van der Waals surface area (Å²) in [5.41, 5.74) is 9.96. The van der Waals surface area contributed by atoms with Crippen molar-refractivity contribution >= 4 is 23.5 Å². The number of furan rings is 1. The standard InChI is InChI=1S/C30H28N6O4/c31-27-26(29(38)33-21-12-13-36(17-21)30(39)25-9-4-14-40-25)34-24(16-32-27)19-6-3-7-20(15-19)28(37)35-23-11-10-18-5-1-2-8-22(18)23/h1-9,14-16,21,23H,10-13,17H2,(H2,31,32)(H,33,38)(H,35,37). The van der Waals surface area contributed by atoms with Crippen molar-refractivity contribution in [3.8, 4) is 11.3 Å². The molecule has 1 aliphatic carbocycles. The summed E-state index contributed by atoms with van der Waals surface area (Å²) in [4.78, 5) is 49.0. The van der Waals surface area contributed by atoms with Crippen LogP contribution in [-0.2, 0) is 6.42 Å². The SMILES string of the molecule is Nc1ncc(-c2cccc(C(=O)NC3CCc4ccccc43)c2)nc1C(=O)NC1CCN(C(=O)c2ccco2)C1. The first-order valence-electron chi connectivity index (χ1n) is 13.2. The Morgan fingerprint density at radius 1 is 0.975 bits per heavy atom. The molecule has 10 heteroatoms. The highest BCUT2D eigenvalue weighted by atomic mass is 16.3. The minimum Gasteiger partial charge on any atom is -0.459 e. The van der Waals surface area contributed by atoms with Gasteiger partial charge < -0.3 is 25.7 Å². The topological polar surface area (TPSA) is 143 Å². The number of anilines is 1. The first-order chi connectivity index (χ1) is 19.5. The number of amides is 3. The number of benzene rings is 2. The number of hydrogen-bond donors (Lipinski definition) is 3. The van der Waals surface area contributed by atoms with Gasteiger partial charge in [0, 0.05) is 30.3 Å². The zero-order chi connectivity index (χ0) is 27.6. The molecule has 2 unspecified atom stereocenters. The number of rotatable bonds is 6. The number of nitrogens with one attached hydrogen (secondary N) is 2. The molecule has 0 spiro atoms. The first kappa shape index (κ1) is 25.3. The molecule has 2 aromatic heterocycles. The number of carbonyl (C=O) groups excluding carboxylic acids is 3. The van der Waals surface area contributed by atoms with E-state index in [0.717, 1.165) is 18.4 Å². The third-order valence-electron chi connectivity index (χ3n) is 7.42. The molecule has 3 amide bonds. The fourth-order valence-corrected chi connectivity index (χ4v) is 5.35. The monoisotopic (exact) mass is 536 g/mol. The summed E-state index contributed by atoms with van der Waals surface area (Å²) in [5.74, 6) is -0.614. The summed E-state index contributed by atoms with van der Waals surface area (Å²) in [6.07, 6.45) is 5.33. The van der Waals surface area contributed by atoms with Gasteiger partial charge in [-0.3, -0.25) is 14.4 Å². The van der Waals surface area contributed by atoms with Gasteiger partial charge in [-0.15, -0.1) is 0 Å². The summed E-state index contributed by atoms with van der Waals surface area (Å²) in [6, 6.07) is 18.2. The molecule has 1 saturated heterocycles. The van der Waals surface area contributed by atoms with E-state index < -0.39 is 5.91 Å². The Labute approximate surface area is 230 Å². The molecule has 0 radical (unpaired) electrons. The predicted octanol–water partition coefficient (Wildman–Crippen LogP) is 3.38. The van der Waals surface area contributed by atoms with Crippen LogP contribution >= 0.6 is 0 Å². The number of likely N-dealkylation sites (tertiary alicyclic amines) is 1. The lowest BCUT2D eigenvalue weighted by Gasteiger charge is -2.16. The van der Waals surface area contributed by atoms with Crippen molar-refractivity contribution in [2.45, 2.75) is 31.3 Å². The number of aromatic nitrogens is 2. The van der Waals surface area contributed by atoms with E-state index in [0.29, 0.717) is 36.3 Å². The molecule has 4 aromatic rings. The highest BCUT2D eigenvalue weighted by Crippen LogP contribution is 2.31.